The molecule has 0 aliphatic heterocycles. The van der Waals surface area contributed by atoms with Gasteiger partial charge in [-0.15, -0.1) is 11.8 Å². The van der Waals surface area contributed by atoms with Crippen molar-refractivity contribution in [2.45, 2.75) is 18.7 Å². The van der Waals surface area contributed by atoms with E-state index in [0.717, 1.165) is 16.0 Å². The fraction of sp³-hybridized carbons (Fsp3) is 0.333. The highest BCUT2D eigenvalue weighted by molar-refractivity contribution is 7.98. The number of hydrogen-bond acceptors (Lipinski definition) is 3. The monoisotopic (exact) mass is 197 g/mol. The highest BCUT2D eigenvalue weighted by atomic mass is 32.2. The molecule has 70 valence electrons. The van der Waals surface area contributed by atoms with Crippen LogP contribution in [0.15, 0.2) is 17.0 Å². The first-order valence-corrected chi connectivity index (χ1v) is 5.08. The smallest absolute Gasteiger partial charge is 0.258 e. The average Bonchev–Trinajstić information content (AvgIpc) is 2.09. The molecule has 13 heavy (non-hydrogen) atoms. The predicted molar refractivity (Wildman–Crippen MR) is 54.4 cm³/mol. The van der Waals surface area contributed by atoms with Crippen molar-refractivity contribution in [3.8, 4) is 0 Å². The van der Waals surface area contributed by atoms with Crippen molar-refractivity contribution in [3.63, 3.8) is 0 Å². The van der Waals surface area contributed by atoms with Crippen LogP contribution < -0.4 is 0 Å². The van der Waals surface area contributed by atoms with E-state index in [1.807, 2.05) is 19.2 Å². The van der Waals surface area contributed by atoms with Gasteiger partial charge < -0.3 is 0 Å². The van der Waals surface area contributed by atoms with E-state index in [4.69, 9.17) is 0 Å². The molecule has 0 spiro atoms. The van der Waals surface area contributed by atoms with Gasteiger partial charge in [0.05, 0.1) is 4.92 Å². The minimum atomic E-state index is -0.331. The molecule has 0 atom stereocenters. The number of nitrogens with zero attached hydrogens (tertiary/aromatic N) is 1. The van der Waals surface area contributed by atoms with Crippen molar-refractivity contribution in [2.24, 2.45) is 0 Å². The number of benzene rings is 1. The zero-order chi connectivity index (χ0) is 10.0. The SMILES string of the molecule is CSc1cc(C)c(C)c([N+](=O)[O-])c1. The molecule has 0 bridgehead atoms. The maximum Gasteiger partial charge on any atom is 0.273 e. The van der Waals surface area contributed by atoms with Crippen molar-refractivity contribution in [1.82, 2.24) is 0 Å². The third-order valence-electron chi connectivity index (χ3n) is 2.05. The molecule has 1 rings (SSSR count). The second-order valence-electron chi connectivity index (χ2n) is 2.85. The van der Waals surface area contributed by atoms with Crippen molar-refractivity contribution in [2.75, 3.05) is 6.26 Å². The quantitative estimate of drug-likeness (QED) is 0.416. The molecule has 1 aromatic rings. The Hall–Kier alpha value is -1.03. The molecule has 4 heteroatoms. The topological polar surface area (TPSA) is 43.1 Å². The van der Waals surface area contributed by atoms with Gasteiger partial charge in [0.1, 0.15) is 0 Å². The maximum atomic E-state index is 10.6. The van der Waals surface area contributed by atoms with Gasteiger partial charge in [0.25, 0.3) is 5.69 Å². The van der Waals surface area contributed by atoms with Gasteiger partial charge in [0, 0.05) is 16.5 Å². The molecule has 0 aliphatic carbocycles. The summed E-state index contributed by atoms with van der Waals surface area (Å²) in [7, 11) is 0. The molecule has 0 radical (unpaired) electrons. The summed E-state index contributed by atoms with van der Waals surface area (Å²) in [4.78, 5) is 11.2. The first-order valence-electron chi connectivity index (χ1n) is 3.86. The molecule has 0 heterocycles. The predicted octanol–water partition coefficient (Wildman–Crippen LogP) is 2.93. The van der Waals surface area contributed by atoms with Crippen LogP contribution in [0.3, 0.4) is 0 Å². The first-order chi connectivity index (χ1) is 6.06. The number of aryl methyl sites for hydroxylation is 1. The molecule has 0 aromatic heterocycles. The number of nitro benzene ring substituents is 1. The van der Waals surface area contributed by atoms with Crippen LogP contribution in [0.2, 0.25) is 0 Å². The maximum absolute atomic E-state index is 10.6. The van der Waals surface area contributed by atoms with Crippen LogP contribution in [0.1, 0.15) is 11.1 Å². The summed E-state index contributed by atoms with van der Waals surface area (Å²) in [6.45, 7) is 3.67. The van der Waals surface area contributed by atoms with Gasteiger partial charge in [0.15, 0.2) is 0 Å². The molecule has 0 fully saturated rings. The van der Waals surface area contributed by atoms with E-state index in [9.17, 15) is 10.1 Å². The summed E-state index contributed by atoms with van der Waals surface area (Å²) in [5.41, 5.74) is 1.94. The van der Waals surface area contributed by atoms with Crippen LogP contribution >= 0.6 is 11.8 Å². The van der Waals surface area contributed by atoms with E-state index in [-0.39, 0.29) is 10.6 Å². The highest BCUT2D eigenvalue weighted by Gasteiger charge is 2.13. The highest BCUT2D eigenvalue weighted by Crippen LogP contribution is 2.27. The van der Waals surface area contributed by atoms with Crippen LogP contribution in [-0.2, 0) is 0 Å². The summed E-state index contributed by atoms with van der Waals surface area (Å²) in [5, 5.41) is 10.6. The Morgan fingerprint density at radius 3 is 2.46 bits per heavy atom. The number of thioether (sulfide) groups is 1. The average molecular weight is 197 g/mol. The Morgan fingerprint density at radius 1 is 1.38 bits per heavy atom. The largest absolute Gasteiger partial charge is 0.273 e. The molecular formula is C9H11NO2S. The molecule has 0 unspecified atom stereocenters. The Kier molecular flexibility index (Phi) is 2.93. The summed E-state index contributed by atoms with van der Waals surface area (Å²) >= 11 is 1.52. The minimum absolute atomic E-state index is 0.212. The van der Waals surface area contributed by atoms with Crippen LogP contribution in [0.25, 0.3) is 0 Å². The molecular weight excluding hydrogens is 186 g/mol. The summed E-state index contributed by atoms with van der Waals surface area (Å²) < 4.78 is 0. The number of nitro groups is 1. The summed E-state index contributed by atoms with van der Waals surface area (Å²) in [6.07, 6.45) is 1.91. The van der Waals surface area contributed by atoms with Gasteiger partial charge in [-0.05, 0) is 31.7 Å². The molecule has 0 saturated carbocycles. The zero-order valence-corrected chi connectivity index (χ0v) is 8.64. The van der Waals surface area contributed by atoms with Gasteiger partial charge in [-0.2, -0.15) is 0 Å². The molecule has 3 nitrogen and oxygen atoms in total. The Labute approximate surface area is 81.3 Å². The molecule has 0 aliphatic rings. The molecule has 1 aromatic carbocycles. The second-order valence-corrected chi connectivity index (χ2v) is 3.73. The standard InChI is InChI=1S/C9H11NO2S/c1-6-4-8(13-3)5-9(7(6)2)10(11)12/h4-5H,1-3H3. The Balaban J connectivity index is 3.33. The fourth-order valence-corrected chi connectivity index (χ4v) is 1.64. The van der Waals surface area contributed by atoms with E-state index in [1.165, 1.54) is 11.8 Å². The third kappa shape index (κ3) is 2.01. The third-order valence-corrected chi connectivity index (χ3v) is 2.75. The Bertz CT molecular complexity index is 350. The van der Waals surface area contributed by atoms with E-state index in [1.54, 1.807) is 13.0 Å². The van der Waals surface area contributed by atoms with Crippen molar-refractivity contribution >= 4 is 17.4 Å². The molecule has 0 saturated heterocycles. The van der Waals surface area contributed by atoms with Gasteiger partial charge in [0.2, 0.25) is 0 Å². The van der Waals surface area contributed by atoms with Gasteiger partial charge in [-0.25, -0.2) is 0 Å². The van der Waals surface area contributed by atoms with Gasteiger partial charge in [-0.1, -0.05) is 0 Å². The van der Waals surface area contributed by atoms with E-state index in [2.05, 4.69) is 0 Å². The molecule has 0 N–H and O–H groups in total. The Morgan fingerprint density at radius 2 is 2.00 bits per heavy atom. The lowest BCUT2D eigenvalue weighted by molar-refractivity contribution is -0.385. The fourth-order valence-electron chi connectivity index (χ4n) is 1.12. The van der Waals surface area contributed by atoms with Gasteiger partial charge in [-0.3, -0.25) is 10.1 Å². The van der Waals surface area contributed by atoms with Crippen molar-refractivity contribution in [1.29, 1.82) is 0 Å². The van der Waals surface area contributed by atoms with E-state index < -0.39 is 0 Å². The van der Waals surface area contributed by atoms with Crippen molar-refractivity contribution in [3.05, 3.63) is 33.4 Å². The summed E-state index contributed by atoms with van der Waals surface area (Å²) in [6, 6.07) is 3.58. The van der Waals surface area contributed by atoms with Crippen LogP contribution in [0.4, 0.5) is 5.69 Å². The minimum Gasteiger partial charge on any atom is -0.258 e. The van der Waals surface area contributed by atoms with Crippen LogP contribution in [0, 0.1) is 24.0 Å². The summed E-state index contributed by atoms with van der Waals surface area (Å²) in [5.74, 6) is 0. The first kappa shape index (κ1) is 10.1. The number of rotatable bonds is 2. The lowest BCUT2D eigenvalue weighted by Crippen LogP contribution is -1.94. The number of hydrogen-bond donors (Lipinski definition) is 0. The second kappa shape index (κ2) is 3.79. The van der Waals surface area contributed by atoms with E-state index in [0.29, 0.717) is 0 Å². The lowest BCUT2D eigenvalue weighted by atomic mass is 10.1. The van der Waals surface area contributed by atoms with Crippen LogP contribution in [-0.4, -0.2) is 11.2 Å². The normalized spacial score (nSPS) is 10.1. The zero-order valence-electron chi connectivity index (χ0n) is 7.83. The van der Waals surface area contributed by atoms with Crippen LogP contribution in [0.5, 0.6) is 0 Å². The van der Waals surface area contributed by atoms with E-state index >= 15 is 0 Å². The molecule has 0 amide bonds. The lowest BCUT2D eigenvalue weighted by Gasteiger charge is -2.03. The van der Waals surface area contributed by atoms with Gasteiger partial charge >= 0.3 is 0 Å². The van der Waals surface area contributed by atoms with Crippen molar-refractivity contribution < 1.29 is 4.92 Å².